The van der Waals surface area contributed by atoms with Crippen molar-refractivity contribution in [1.82, 2.24) is 21.3 Å². The number of carbonyl (C=O) groups is 8. The highest BCUT2D eigenvalue weighted by Gasteiger charge is 2.56. The zero-order valence-electron chi connectivity index (χ0n) is 47.9. The average Bonchev–Trinajstić information content (AvgIpc) is 3.30. The summed E-state index contributed by atoms with van der Waals surface area (Å²) in [4.78, 5) is 101. The molecule has 25 nitrogen and oxygen atoms in total. The second-order valence-corrected chi connectivity index (χ2v) is 26.9. The molecule has 26 heteroatoms. The summed E-state index contributed by atoms with van der Waals surface area (Å²) in [6.07, 6.45) is -13.0. The number of amides is 4. The van der Waals surface area contributed by atoms with Crippen LogP contribution < -0.4 is 21.3 Å². The van der Waals surface area contributed by atoms with Gasteiger partial charge in [0.25, 0.3) is 0 Å². The minimum atomic E-state index is -2.53. The molecule has 4 heterocycles. The van der Waals surface area contributed by atoms with Crippen LogP contribution in [0, 0.1) is 23.7 Å². The van der Waals surface area contributed by atoms with E-state index in [1.807, 2.05) is 6.92 Å². The fourth-order valence-corrected chi connectivity index (χ4v) is 11.3. The van der Waals surface area contributed by atoms with Crippen LogP contribution in [-0.4, -0.2) is 188 Å². The molecule has 77 heavy (non-hydrogen) atoms. The minimum Gasteiger partial charge on any atom is -0.463 e. The normalized spacial score (nSPS) is 35.6. The zero-order valence-corrected chi connectivity index (χ0v) is 48.9. The molecule has 0 aliphatic carbocycles. The molecular formula is C51H86N4O21Si. The van der Waals surface area contributed by atoms with Crippen molar-refractivity contribution < 1.29 is 99.6 Å². The van der Waals surface area contributed by atoms with Gasteiger partial charge in [-0.15, -0.1) is 0 Å². The van der Waals surface area contributed by atoms with Gasteiger partial charge >= 0.3 is 23.9 Å². The Morgan fingerprint density at radius 3 is 0.883 bits per heavy atom. The van der Waals surface area contributed by atoms with Crippen LogP contribution in [-0.2, 0) is 99.6 Å². The standard InChI is InChI=1S/C51H86N4O21Si/c1-23-39(52-27(5)56)47(64-16)69-35(19-65-31(9)60)43(23)73-48-40(53-28(6)57)24(2)44(36(70-48)20-66-32(10)61)74-49-41(54-29(7)58)25(3)45(37(71-49)21-67-33(11)62)75-50-42(55-30(8)59)26(4)46(38(72-50)22-68-34(12)63)76-77(17,18)51(13,14)15/h23-26,35-50H,19-22H2,1-18H3,(H,52,56)(H,53,57)(H,54,58)(H,55,59)/t23?,24-,25?,26-,35?,36?,37?,38?,39+,40-,41+,42-,43+,44?,45+,46?,47+,48?,49-,50?/m1/s1. The molecule has 0 bridgehead atoms. The topological polar surface area (TPSA) is 305 Å². The lowest BCUT2D eigenvalue weighted by Crippen LogP contribution is -2.68. The molecule has 4 N–H and O–H groups in total. The lowest BCUT2D eigenvalue weighted by atomic mass is 9.85. The van der Waals surface area contributed by atoms with Crippen LogP contribution in [0.15, 0.2) is 0 Å². The zero-order chi connectivity index (χ0) is 58.0. The van der Waals surface area contributed by atoms with E-state index in [1.54, 1.807) is 20.8 Å². The first-order valence-corrected chi connectivity index (χ1v) is 29.1. The first-order chi connectivity index (χ1) is 35.8. The first-order valence-electron chi connectivity index (χ1n) is 26.2. The second-order valence-electron chi connectivity index (χ2n) is 22.1. The monoisotopic (exact) mass is 1120 g/mol. The molecule has 0 saturated carbocycles. The molecule has 4 fully saturated rings. The van der Waals surface area contributed by atoms with Crippen molar-refractivity contribution in [1.29, 1.82) is 0 Å². The van der Waals surface area contributed by atoms with Gasteiger partial charge in [-0.25, -0.2) is 0 Å². The number of carbonyl (C=O) groups excluding carboxylic acids is 8. The van der Waals surface area contributed by atoms with E-state index in [4.69, 9.17) is 61.3 Å². The maximum absolute atomic E-state index is 13.2. The lowest BCUT2D eigenvalue weighted by Gasteiger charge is -2.53. The summed E-state index contributed by atoms with van der Waals surface area (Å²) in [6, 6.07) is -3.69. The summed E-state index contributed by atoms with van der Waals surface area (Å²) in [7, 11) is -1.13. The SMILES string of the molecule is CO[C@H]1OC(COC(C)=O)[C@@H](OC2OC(COC(C)=O)C(O[C@H]3OC(COC(C)=O)[C@@H](OC4OC(COC(C)=O)C(O[Si](C)(C)C(C)(C)C)[C@H](C)[C@H]4NC(C)=O)C(C)[C@@H]3NC(C)=O)[C@H](C)[C@H]2NC(C)=O)C(C)[C@@H]1NC(C)=O. The van der Waals surface area contributed by atoms with Crippen LogP contribution in [0.5, 0.6) is 0 Å². The van der Waals surface area contributed by atoms with Gasteiger partial charge < -0.3 is 82.5 Å². The highest BCUT2D eigenvalue weighted by molar-refractivity contribution is 6.74. The molecule has 4 aliphatic rings. The van der Waals surface area contributed by atoms with Gasteiger partial charge in [0.2, 0.25) is 23.6 Å². The number of hydrogen-bond donors (Lipinski definition) is 4. The first kappa shape index (κ1) is 65.1. The third-order valence-corrected chi connectivity index (χ3v) is 19.3. The van der Waals surface area contributed by atoms with Crippen molar-refractivity contribution in [2.24, 2.45) is 23.7 Å². The Balaban J connectivity index is 1.78. The van der Waals surface area contributed by atoms with Gasteiger partial charge in [-0.2, -0.15) is 0 Å². The fraction of sp³-hybridized carbons (Fsp3) is 0.843. The molecule has 20 atom stereocenters. The summed E-state index contributed by atoms with van der Waals surface area (Å²) in [5.74, 6) is -6.87. The van der Waals surface area contributed by atoms with E-state index in [1.165, 1.54) is 62.5 Å². The van der Waals surface area contributed by atoms with Crippen LogP contribution in [0.3, 0.4) is 0 Å². The molecule has 0 radical (unpaired) electrons. The number of nitrogens with one attached hydrogen (secondary N) is 4. The molecule has 440 valence electrons. The van der Waals surface area contributed by atoms with Crippen molar-refractivity contribution in [2.45, 2.75) is 220 Å². The number of ether oxygens (including phenoxy) is 12. The number of rotatable bonds is 21. The van der Waals surface area contributed by atoms with Crippen molar-refractivity contribution in [3.8, 4) is 0 Å². The minimum absolute atomic E-state index is 0.209. The van der Waals surface area contributed by atoms with Crippen LogP contribution >= 0.6 is 0 Å². The number of esters is 4. The Labute approximate surface area is 452 Å². The largest absolute Gasteiger partial charge is 0.463 e. The van der Waals surface area contributed by atoms with Crippen molar-refractivity contribution in [2.75, 3.05) is 33.5 Å². The predicted molar refractivity (Wildman–Crippen MR) is 272 cm³/mol. The summed E-state index contributed by atoms with van der Waals surface area (Å²) in [5, 5.41) is 11.4. The van der Waals surface area contributed by atoms with Gasteiger partial charge in [-0.05, 0) is 18.1 Å². The molecule has 4 rings (SSSR count). The predicted octanol–water partition coefficient (Wildman–Crippen LogP) is 1.89. The third kappa shape index (κ3) is 17.8. The van der Waals surface area contributed by atoms with E-state index >= 15 is 0 Å². The van der Waals surface area contributed by atoms with Crippen molar-refractivity contribution in [3.05, 3.63) is 0 Å². The molecule has 4 amide bonds. The highest BCUT2D eigenvalue weighted by atomic mass is 28.4. The van der Waals surface area contributed by atoms with Crippen molar-refractivity contribution in [3.63, 3.8) is 0 Å². The summed E-state index contributed by atoms with van der Waals surface area (Å²) < 4.78 is 81.3. The Morgan fingerprint density at radius 1 is 0.416 bits per heavy atom. The number of methoxy groups -OCH3 is 1. The Hall–Kier alpha value is -4.38. The molecule has 4 saturated heterocycles. The van der Waals surface area contributed by atoms with Gasteiger partial charge in [0.1, 0.15) is 50.8 Å². The lowest BCUT2D eigenvalue weighted by molar-refractivity contribution is -0.351. The number of hydrogen-bond acceptors (Lipinski definition) is 21. The van der Waals surface area contributed by atoms with Gasteiger partial charge in [0.15, 0.2) is 33.5 Å². The molecule has 0 aromatic carbocycles. The maximum atomic E-state index is 13.2. The van der Waals surface area contributed by atoms with E-state index < -0.39 is 185 Å². The summed E-state index contributed by atoms with van der Waals surface area (Å²) in [5.41, 5.74) is 0. The van der Waals surface area contributed by atoms with Crippen LogP contribution in [0.2, 0.25) is 18.1 Å². The Morgan fingerprint density at radius 2 is 0.649 bits per heavy atom. The molecule has 0 spiro atoms. The van der Waals surface area contributed by atoms with E-state index in [9.17, 15) is 38.4 Å². The van der Waals surface area contributed by atoms with Crippen LogP contribution in [0.25, 0.3) is 0 Å². The van der Waals surface area contributed by atoms with E-state index in [2.05, 4.69) is 55.1 Å². The van der Waals surface area contributed by atoms with Gasteiger partial charge in [-0.1, -0.05) is 48.5 Å². The van der Waals surface area contributed by atoms with Gasteiger partial charge in [-0.3, -0.25) is 38.4 Å². The molecule has 4 aliphatic heterocycles. The third-order valence-electron chi connectivity index (χ3n) is 14.8. The van der Waals surface area contributed by atoms with Crippen LogP contribution in [0.1, 0.15) is 104 Å². The highest BCUT2D eigenvalue weighted by Crippen LogP contribution is 2.43. The smallest absolute Gasteiger partial charge is 0.302 e. The summed E-state index contributed by atoms with van der Waals surface area (Å²) >= 11 is 0. The summed E-state index contributed by atoms with van der Waals surface area (Å²) in [6.45, 7) is 26.5. The van der Waals surface area contributed by atoms with E-state index in [0.717, 1.165) is 0 Å². The van der Waals surface area contributed by atoms with Crippen molar-refractivity contribution >= 4 is 55.8 Å². The fourth-order valence-electron chi connectivity index (χ4n) is 9.92. The molecule has 0 aromatic heterocycles. The maximum Gasteiger partial charge on any atom is 0.302 e. The van der Waals surface area contributed by atoms with Crippen LogP contribution in [0.4, 0.5) is 0 Å². The quantitative estimate of drug-likeness (QED) is 0.0725. The van der Waals surface area contributed by atoms with E-state index in [-0.39, 0.29) is 24.2 Å². The molecular weight excluding hydrogens is 1030 g/mol. The molecule has 0 aromatic rings. The second kappa shape index (κ2) is 28.2. The van der Waals surface area contributed by atoms with Gasteiger partial charge in [0, 0.05) is 86.2 Å². The Kier molecular flexibility index (Phi) is 23.8. The molecule has 10 unspecified atom stereocenters. The van der Waals surface area contributed by atoms with Gasteiger partial charge in [0.05, 0.1) is 48.6 Å². The van der Waals surface area contributed by atoms with E-state index in [0.29, 0.717) is 0 Å². The Bertz CT molecular complexity index is 2050. The average molecular weight is 1120 g/mol.